The van der Waals surface area contributed by atoms with Crippen molar-refractivity contribution in [1.82, 2.24) is 0 Å². The molecule has 1 saturated carbocycles. The van der Waals surface area contributed by atoms with Crippen molar-refractivity contribution in [2.45, 2.75) is 39.5 Å². The van der Waals surface area contributed by atoms with Crippen LogP contribution < -0.4 is 5.32 Å². The number of thiophene rings is 1. The van der Waals surface area contributed by atoms with Gasteiger partial charge in [0.2, 0.25) is 5.91 Å². The second-order valence-corrected chi connectivity index (χ2v) is 7.06. The minimum absolute atomic E-state index is 0.0452. The Morgan fingerprint density at radius 3 is 2.68 bits per heavy atom. The minimum atomic E-state index is -0.451. The lowest BCUT2D eigenvalue weighted by molar-refractivity contribution is -0.117. The summed E-state index contributed by atoms with van der Waals surface area (Å²) in [6.07, 6.45) is 2.94. The molecule has 1 atom stereocenters. The van der Waals surface area contributed by atoms with E-state index in [1.165, 1.54) is 11.3 Å². The zero-order valence-electron chi connectivity index (χ0n) is 12.7. The Morgan fingerprint density at radius 2 is 2.05 bits per heavy atom. The molecule has 1 aromatic rings. The number of fused-ring (bicyclic) bond motifs is 1. The maximum absolute atomic E-state index is 12.3. The van der Waals surface area contributed by atoms with E-state index >= 15 is 0 Å². The number of ketones is 1. The lowest BCUT2D eigenvalue weighted by Crippen LogP contribution is -2.19. The number of ether oxygens (including phenoxy) is 1. The average molecular weight is 321 g/mol. The summed E-state index contributed by atoms with van der Waals surface area (Å²) in [5.74, 6) is -0.215. The molecular formula is C16H19NO4S. The molecule has 22 heavy (non-hydrogen) atoms. The number of carbonyl (C=O) groups is 3. The van der Waals surface area contributed by atoms with Gasteiger partial charge in [0.05, 0.1) is 17.0 Å². The number of carbonyl (C=O) groups excluding carboxylic acids is 3. The highest BCUT2D eigenvalue weighted by atomic mass is 32.1. The first-order chi connectivity index (χ1) is 10.5. The predicted molar refractivity (Wildman–Crippen MR) is 83.4 cm³/mol. The van der Waals surface area contributed by atoms with Gasteiger partial charge < -0.3 is 10.1 Å². The van der Waals surface area contributed by atoms with Crippen LogP contribution >= 0.6 is 11.3 Å². The van der Waals surface area contributed by atoms with E-state index in [9.17, 15) is 14.4 Å². The average Bonchev–Trinajstić information content (AvgIpc) is 3.22. The summed E-state index contributed by atoms with van der Waals surface area (Å²) >= 11 is 1.22. The molecule has 0 radical (unpaired) electrons. The van der Waals surface area contributed by atoms with E-state index in [1.807, 2.05) is 6.92 Å². The van der Waals surface area contributed by atoms with Crippen LogP contribution in [0.15, 0.2) is 0 Å². The lowest BCUT2D eigenvalue weighted by atomic mass is 9.87. The van der Waals surface area contributed by atoms with Crippen molar-refractivity contribution in [2.24, 2.45) is 11.8 Å². The second-order valence-electron chi connectivity index (χ2n) is 6.03. The van der Waals surface area contributed by atoms with Gasteiger partial charge in [-0.25, -0.2) is 4.79 Å². The molecule has 3 rings (SSSR count). The van der Waals surface area contributed by atoms with Crippen LogP contribution in [0, 0.1) is 11.8 Å². The van der Waals surface area contributed by atoms with Crippen LogP contribution in [0.5, 0.6) is 0 Å². The molecular weight excluding hydrogens is 302 g/mol. The van der Waals surface area contributed by atoms with Crippen molar-refractivity contribution in [1.29, 1.82) is 0 Å². The lowest BCUT2D eigenvalue weighted by Gasteiger charge is -2.17. The molecule has 1 fully saturated rings. The van der Waals surface area contributed by atoms with Crippen LogP contribution in [0.25, 0.3) is 0 Å². The van der Waals surface area contributed by atoms with Crippen molar-refractivity contribution >= 4 is 34.0 Å². The summed E-state index contributed by atoms with van der Waals surface area (Å²) in [6.45, 7) is 4.01. The van der Waals surface area contributed by atoms with Crippen molar-refractivity contribution in [3.05, 3.63) is 16.0 Å². The van der Waals surface area contributed by atoms with Gasteiger partial charge in [0.15, 0.2) is 5.78 Å². The van der Waals surface area contributed by atoms with E-state index in [-0.39, 0.29) is 30.1 Å². The van der Waals surface area contributed by atoms with Gasteiger partial charge in [-0.2, -0.15) is 0 Å². The molecule has 1 heterocycles. The Balaban J connectivity index is 2.00. The smallest absolute Gasteiger partial charge is 0.341 e. The largest absolute Gasteiger partial charge is 0.462 e. The summed E-state index contributed by atoms with van der Waals surface area (Å²) in [7, 11) is 0. The Kier molecular flexibility index (Phi) is 4.04. The number of hydrogen-bond donors (Lipinski definition) is 1. The predicted octanol–water partition coefficient (Wildman–Crippen LogP) is 3.04. The summed E-state index contributed by atoms with van der Waals surface area (Å²) in [5.41, 5.74) is 1.13. The molecule has 0 saturated heterocycles. The van der Waals surface area contributed by atoms with E-state index in [1.54, 1.807) is 6.92 Å². The van der Waals surface area contributed by atoms with E-state index in [0.717, 1.165) is 18.4 Å². The Morgan fingerprint density at radius 1 is 1.32 bits per heavy atom. The fraction of sp³-hybridized carbons (Fsp3) is 0.562. The van der Waals surface area contributed by atoms with Gasteiger partial charge in [0.25, 0.3) is 0 Å². The van der Waals surface area contributed by atoms with E-state index in [4.69, 9.17) is 4.74 Å². The van der Waals surface area contributed by atoms with Crippen LogP contribution in [0.3, 0.4) is 0 Å². The van der Waals surface area contributed by atoms with Crippen molar-refractivity contribution in [3.8, 4) is 0 Å². The minimum Gasteiger partial charge on any atom is -0.462 e. The first-order valence-electron chi connectivity index (χ1n) is 7.68. The quantitative estimate of drug-likeness (QED) is 0.865. The number of rotatable bonds is 4. The molecule has 1 aromatic heterocycles. The molecule has 6 heteroatoms. The maximum atomic E-state index is 12.3. The molecule has 0 spiro atoms. The zero-order valence-corrected chi connectivity index (χ0v) is 13.5. The normalized spacial score (nSPS) is 20.5. The summed E-state index contributed by atoms with van der Waals surface area (Å²) < 4.78 is 5.13. The van der Waals surface area contributed by atoms with E-state index in [2.05, 4.69) is 5.32 Å². The zero-order chi connectivity index (χ0) is 15.9. The van der Waals surface area contributed by atoms with Crippen LogP contribution in [-0.2, 0) is 16.0 Å². The molecule has 0 aliphatic heterocycles. The first kappa shape index (κ1) is 15.2. The Bertz CT molecular complexity index is 645. The number of hydrogen-bond acceptors (Lipinski definition) is 5. The monoisotopic (exact) mass is 321 g/mol. The van der Waals surface area contributed by atoms with Crippen molar-refractivity contribution < 1.29 is 19.1 Å². The third kappa shape index (κ3) is 2.79. The van der Waals surface area contributed by atoms with Gasteiger partial charge in [-0.1, -0.05) is 6.92 Å². The summed E-state index contributed by atoms with van der Waals surface area (Å²) in [6, 6.07) is 0. The van der Waals surface area contributed by atoms with Crippen molar-refractivity contribution in [2.75, 3.05) is 11.9 Å². The van der Waals surface area contributed by atoms with E-state index in [0.29, 0.717) is 28.3 Å². The molecule has 5 nitrogen and oxygen atoms in total. The molecule has 118 valence electrons. The second kappa shape index (κ2) is 5.83. The third-order valence-electron chi connectivity index (χ3n) is 4.01. The molecule has 1 amide bonds. The molecule has 1 unspecified atom stereocenters. The Hall–Kier alpha value is -1.69. The van der Waals surface area contributed by atoms with Gasteiger partial charge >= 0.3 is 5.97 Å². The molecule has 2 aliphatic rings. The van der Waals surface area contributed by atoms with Gasteiger partial charge in [0, 0.05) is 12.3 Å². The van der Waals surface area contributed by atoms with Gasteiger partial charge in [0.1, 0.15) is 5.00 Å². The maximum Gasteiger partial charge on any atom is 0.341 e. The topological polar surface area (TPSA) is 72.5 Å². The van der Waals surface area contributed by atoms with Crippen LogP contribution in [0.1, 0.15) is 58.7 Å². The number of anilines is 1. The molecule has 2 aliphatic carbocycles. The fourth-order valence-corrected chi connectivity index (χ4v) is 3.95. The number of esters is 1. The molecule has 0 bridgehead atoms. The summed E-state index contributed by atoms with van der Waals surface area (Å²) in [5, 5.41) is 3.31. The highest BCUT2D eigenvalue weighted by molar-refractivity contribution is 7.18. The van der Waals surface area contributed by atoms with Crippen molar-refractivity contribution in [3.63, 3.8) is 0 Å². The molecule has 0 aromatic carbocycles. The SMILES string of the molecule is CCOC(=O)c1c(NC(=O)C2CC2)sc2c1CC(C)CC2=O. The highest BCUT2D eigenvalue weighted by Crippen LogP contribution is 2.41. The number of amides is 1. The van der Waals surface area contributed by atoms with Crippen LogP contribution in [0.4, 0.5) is 5.00 Å². The Labute approximate surface area is 133 Å². The van der Waals surface area contributed by atoms with Gasteiger partial charge in [-0.15, -0.1) is 11.3 Å². The highest BCUT2D eigenvalue weighted by Gasteiger charge is 2.35. The third-order valence-corrected chi connectivity index (χ3v) is 5.20. The van der Waals surface area contributed by atoms with E-state index < -0.39 is 5.97 Å². The first-order valence-corrected chi connectivity index (χ1v) is 8.49. The fourth-order valence-electron chi connectivity index (χ4n) is 2.78. The number of Topliss-reactive ketones (excluding diaryl/α,β-unsaturated/α-hetero) is 1. The van der Waals surface area contributed by atoms with Crippen LogP contribution in [0.2, 0.25) is 0 Å². The van der Waals surface area contributed by atoms with Gasteiger partial charge in [-0.05, 0) is 37.7 Å². The standard InChI is InChI=1S/C16H19NO4S/c1-3-21-16(20)12-10-6-8(2)7-11(18)13(10)22-15(12)17-14(19)9-4-5-9/h8-9H,3-7H2,1-2H3,(H,17,19). The summed E-state index contributed by atoms with van der Waals surface area (Å²) in [4.78, 5) is 37.1. The number of nitrogens with one attached hydrogen (secondary N) is 1. The van der Waals surface area contributed by atoms with Crippen LogP contribution in [-0.4, -0.2) is 24.3 Å². The molecule has 1 N–H and O–H groups in total. The van der Waals surface area contributed by atoms with Gasteiger partial charge in [-0.3, -0.25) is 9.59 Å².